The van der Waals surface area contributed by atoms with Gasteiger partial charge < -0.3 is 0 Å². The summed E-state index contributed by atoms with van der Waals surface area (Å²) in [4.78, 5) is 10.3. The Labute approximate surface area is 90.4 Å². The molecule has 1 aliphatic rings. The van der Waals surface area contributed by atoms with Gasteiger partial charge in [0.2, 0.25) is 0 Å². The van der Waals surface area contributed by atoms with Gasteiger partial charge in [-0.2, -0.15) is 5.26 Å². The molecule has 0 saturated heterocycles. The fraction of sp³-hybridized carbons (Fsp3) is 0.818. The highest BCUT2D eigenvalue weighted by Crippen LogP contribution is 2.51. The summed E-state index contributed by atoms with van der Waals surface area (Å²) in [7, 11) is 0. The van der Waals surface area contributed by atoms with E-state index < -0.39 is 10.8 Å². The molecule has 0 bridgehead atoms. The molecule has 0 atom stereocenters. The van der Waals surface area contributed by atoms with Crippen molar-refractivity contribution in [3.8, 4) is 6.07 Å². The van der Waals surface area contributed by atoms with Crippen molar-refractivity contribution in [2.45, 2.75) is 46.0 Å². The molecule has 4 heteroatoms. The molecule has 1 saturated carbocycles. The van der Waals surface area contributed by atoms with E-state index in [-0.39, 0.29) is 4.92 Å². The van der Waals surface area contributed by atoms with E-state index in [1.165, 1.54) is 0 Å². The van der Waals surface area contributed by atoms with Crippen LogP contribution in [0.4, 0.5) is 0 Å². The van der Waals surface area contributed by atoms with Crippen LogP contribution in [0.25, 0.3) is 0 Å². The Morgan fingerprint density at radius 2 is 1.93 bits per heavy atom. The molecule has 0 N–H and O–H groups in total. The van der Waals surface area contributed by atoms with E-state index in [9.17, 15) is 10.1 Å². The average Bonchev–Trinajstić information content (AvgIpc) is 2.18. The van der Waals surface area contributed by atoms with Crippen LogP contribution >= 0.6 is 0 Å². The minimum atomic E-state index is -0.652. The predicted octanol–water partition coefficient (Wildman–Crippen LogP) is 2.93. The lowest BCUT2D eigenvalue weighted by atomic mass is 9.59. The van der Waals surface area contributed by atoms with E-state index in [0.29, 0.717) is 0 Å². The second-order valence-corrected chi connectivity index (χ2v) is 4.87. The van der Waals surface area contributed by atoms with Crippen LogP contribution in [0.3, 0.4) is 0 Å². The van der Waals surface area contributed by atoms with Crippen molar-refractivity contribution >= 4 is 0 Å². The highest BCUT2D eigenvalue weighted by atomic mass is 16.6. The quantitative estimate of drug-likeness (QED) is 0.407. The van der Waals surface area contributed by atoms with Crippen molar-refractivity contribution in [2.75, 3.05) is 0 Å². The third kappa shape index (κ3) is 2.23. The topological polar surface area (TPSA) is 66.9 Å². The summed E-state index contributed by atoms with van der Waals surface area (Å²) >= 11 is 0. The molecule has 0 aromatic carbocycles. The summed E-state index contributed by atoms with van der Waals surface area (Å²) in [6.07, 6.45) is 4.60. The molecule has 1 fully saturated rings. The van der Waals surface area contributed by atoms with Gasteiger partial charge in [-0.1, -0.05) is 44.1 Å². The highest BCUT2D eigenvalue weighted by molar-refractivity contribution is 5.09. The van der Waals surface area contributed by atoms with Crippen molar-refractivity contribution in [3.63, 3.8) is 0 Å². The van der Waals surface area contributed by atoms with Crippen LogP contribution in [-0.4, -0.2) is 4.92 Å². The van der Waals surface area contributed by atoms with Gasteiger partial charge >= 0.3 is 0 Å². The Morgan fingerprint density at radius 1 is 1.40 bits per heavy atom. The summed E-state index contributed by atoms with van der Waals surface area (Å²) in [6, 6.07) is 2.22. The summed E-state index contributed by atoms with van der Waals surface area (Å²) in [5.41, 5.74) is -1.19. The molecule has 0 aromatic rings. The number of hydrogen-bond donors (Lipinski definition) is 0. The largest absolute Gasteiger partial charge is 0.295 e. The fourth-order valence-corrected chi connectivity index (χ4v) is 2.41. The smallest absolute Gasteiger partial charge is 0.0666 e. The monoisotopic (exact) mass is 209 g/mol. The van der Waals surface area contributed by atoms with Gasteiger partial charge in [0.1, 0.15) is 0 Å². The molecule has 15 heavy (non-hydrogen) atoms. The minimum Gasteiger partial charge on any atom is -0.295 e. The standard InChI is InChI=1S/C11H17N2O2/c1-10(2,8-12)11(9-13(14)15)6-4-3-5-7-11/h9H,3-7H2,1-2H3/q-1. The molecule has 0 spiro atoms. The molecule has 1 rings (SSSR count). The SMILES string of the molecule is CC(C)(C#N)C1([CH-][N+](=O)[O-])CCCCC1. The first-order chi connectivity index (χ1) is 6.93. The molecule has 0 aliphatic heterocycles. The van der Waals surface area contributed by atoms with Crippen LogP contribution < -0.4 is 0 Å². The molecule has 0 heterocycles. The molecule has 0 unspecified atom stereocenters. The van der Waals surface area contributed by atoms with E-state index >= 15 is 0 Å². The van der Waals surface area contributed by atoms with Gasteiger partial charge in [0.25, 0.3) is 0 Å². The van der Waals surface area contributed by atoms with Crippen LogP contribution in [0, 0.1) is 38.8 Å². The van der Waals surface area contributed by atoms with Crippen LogP contribution in [0.15, 0.2) is 0 Å². The Hall–Kier alpha value is -1.24. The molecule has 0 aromatic heterocycles. The van der Waals surface area contributed by atoms with E-state index in [4.69, 9.17) is 5.26 Å². The summed E-state index contributed by atoms with van der Waals surface area (Å²) in [5.74, 6) is 0. The highest BCUT2D eigenvalue weighted by Gasteiger charge is 2.42. The Kier molecular flexibility index (Phi) is 3.23. The number of nitriles is 1. The fourth-order valence-electron chi connectivity index (χ4n) is 2.41. The summed E-state index contributed by atoms with van der Waals surface area (Å²) < 4.78 is 0. The van der Waals surface area contributed by atoms with E-state index in [0.717, 1.165) is 38.6 Å². The maximum atomic E-state index is 10.7. The predicted molar refractivity (Wildman–Crippen MR) is 56.2 cm³/mol. The van der Waals surface area contributed by atoms with Crippen LogP contribution in [0.1, 0.15) is 46.0 Å². The molecule has 84 valence electrons. The third-order valence-corrected chi connectivity index (χ3v) is 3.62. The molecule has 0 radical (unpaired) electrons. The average molecular weight is 209 g/mol. The normalized spacial score (nSPS) is 20.3. The first-order valence-corrected chi connectivity index (χ1v) is 5.34. The van der Waals surface area contributed by atoms with Crippen molar-refractivity contribution in [1.29, 1.82) is 5.26 Å². The molecule has 1 aliphatic carbocycles. The summed E-state index contributed by atoms with van der Waals surface area (Å²) in [6.45, 7) is 4.77. The van der Waals surface area contributed by atoms with Crippen LogP contribution in [-0.2, 0) is 0 Å². The lowest BCUT2D eigenvalue weighted by Gasteiger charge is -2.49. The number of hydrogen-bond acceptors (Lipinski definition) is 3. The van der Waals surface area contributed by atoms with Gasteiger partial charge in [-0.3, -0.25) is 10.1 Å². The second kappa shape index (κ2) is 4.09. The Balaban J connectivity index is 2.95. The zero-order valence-corrected chi connectivity index (χ0v) is 9.32. The minimum absolute atomic E-state index is 0.385. The number of nitrogens with zero attached hydrogens (tertiary/aromatic N) is 2. The first-order valence-electron chi connectivity index (χ1n) is 5.34. The van der Waals surface area contributed by atoms with Gasteiger partial charge in [-0.15, -0.1) is 4.92 Å². The van der Waals surface area contributed by atoms with Crippen molar-refractivity contribution in [2.24, 2.45) is 10.8 Å². The number of nitro groups is 1. The van der Waals surface area contributed by atoms with Gasteiger partial charge in [-0.05, 0) is 13.8 Å². The van der Waals surface area contributed by atoms with Gasteiger partial charge in [0.15, 0.2) is 0 Å². The van der Waals surface area contributed by atoms with Crippen LogP contribution in [0.2, 0.25) is 0 Å². The lowest BCUT2D eigenvalue weighted by molar-refractivity contribution is -0.457. The maximum Gasteiger partial charge on any atom is 0.0666 e. The second-order valence-electron chi connectivity index (χ2n) is 4.87. The van der Waals surface area contributed by atoms with Gasteiger partial charge in [-0.25, -0.2) is 0 Å². The molecular formula is C11H17N2O2-. The van der Waals surface area contributed by atoms with Crippen LogP contribution in [0.5, 0.6) is 0 Å². The summed E-state index contributed by atoms with van der Waals surface area (Å²) in [5, 5.41) is 19.8. The van der Waals surface area contributed by atoms with Crippen molar-refractivity contribution in [3.05, 3.63) is 16.7 Å². The van der Waals surface area contributed by atoms with Crippen molar-refractivity contribution < 1.29 is 4.92 Å². The zero-order valence-electron chi connectivity index (χ0n) is 9.32. The van der Waals surface area contributed by atoms with E-state index in [1.54, 1.807) is 13.8 Å². The lowest BCUT2D eigenvalue weighted by Crippen LogP contribution is -2.41. The first kappa shape index (κ1) is 11.8. The van der Waals surface area contributed by atoms with Crippen molar-refractivity contribution in [1.82, 2.24) is 0 Å². The van der Waals surface area contributed by atoms with Gasteiger partial charge in [0, 0.05) is 5.41 Å². The molecular weight excluding hydrogens is 192 g/mol. The zero-order chi connectivity index (χ0) is 11.5. The third-order valence-electron chi connectivity index (χ3n) is 3.62. The van der Waals surface area contributed by atoms with Gasteiger partial charge in [0.05, 0.1) is 6.07 Å². The Morgan fingerprint density at radius 3 is 2.33 bits per heavy atom. The molecule has 0 amide bonds. The maximum absolute atomic E-state index is 10.7. The molecule has 4 nitrogen and oxygen atoms in total. The van der Waals surface area contributed by atoms with E-state index in [2.05, 4.69) is 6.07 Å². The Bertz CT molecular complexity index is 285. The van der Waals surface area contributed by atoms with E-state index in [1.807, 2.05) is 0 Å². The number of rotatable bonds is 3.